The number of likely N-dealkylation sites (tertiary alicyclic amines) is 1. The van der Waals surface area contributed by atoms with Crippen molar-refractivity contribution in [3.8, 4) is 0 Å². The number of hydrogen-bond donors (Lipinski definition) is 1. The molecule has 3 rings (SSSR count). The highest BCUT2D eigenvalue weighted by Gasteiger charge is 2.38. The summed E-state index contributed by atoms with van der Waals surface area (Å²) in [6, 6.07) is 4.70. The summed E-state index contributed by atoms with van der Waals surface area (Å²) < 4.78 is 0. The van der Waals surface area contributed by atoms with Crippen LogP contribution < -0.4 is 5.32 Å². The minimum absolute atomic E-state index is 0.0110. The fourth-order valence-corrected chi connectivity index (χ4v) is 3.24. The minimum Gasteiger partial charge on any atom is -0.338 e. The predicted octanol–water partition coefficient (Wildman–Crippen LogP) is 1.19. The Morgan fingerprint density at radius 3 is 2.60 bits per heavy atom. The zero-order valence-corrected chi connectivity index (χ0v) is 11.3. The zero-order valence-electron chi connectivity index (χ0n) is 11.3. The molecule has 106 valence electrons. The van der Waals surface area contributed by atoms with Crippen LogP contribution >= 0.6 is 0 Å². The number of amides is 1. The lowest BCUT2D eigenvalue weighted by Gasteiger charge is -2.18. The molecule has 1 amide bonds. The van der Waals surface area contributed by atoms with Gasteiger partial charge >= 0.3 is 0 Å². The summed E-state index contributed by atoms with van der Waals surface area (Å²) in [6.07, 6.45) is 0. The van der Waals surface area contributed by atoms with Gasteiger partial charge in [0.25, 0.3) is 11.6 Å². The summed E-state index contributed by atoms with van der Waals surface area (Å²) in [5.41, 5.74) is 0.918. The van der Waals surface area contributed by atoms with Crippen molar-refractivity contribution in [3.05, 3.63) is 39.4 Å². The van der Waals surface area contributed by atoms with Gasteiger partial charge < -0.3 is 10.2 Å². The number of hydrogen-bond acceptors (Lipinski definition) is 4. The number of carbonyl (C=O) groups excluding carboxylic acids is 1. The summed E-state index contributed by atoms with van der Waals surface area (Å²) in [4.78, 5) is 24.9. The minimum atomic E-state index is -0.436. The van der Waals surface area contributed by atoms with Crippen molar-refractivity contribution in [3.63, 3.8) is 0 Å². The zero-order chi connectivity index (χ0) is 14.3. The van der Waals surface area contributed by atoms with Crippen molar-refractivity contribution in [2.45, 2.75) is 6.92 Å². The largest absolute Gasteiger partial charge is 0.338 e. The molecule has 6 nitrogen and oxygen atoms in total. The highest BCUT2D eigenvalue weighted by Crippen LogP contribution is 2.29. The molecular weight excluding hydrogens is 258 g/mol. The number of carbonyl (C=O) groups is 1. The van der Waals surface area contributed by atoms with Gasteiger partial charge in [-0.05, 0) is 24.8 Å². The predicted molar refractivity (Wildman–Crippen MR) is 73.6 cm³/mol. The van der Waals surface area contributed by atoms with E-state index in [1.807, 2.05) is 4.90 Å². The van der Waals surface area contributed by atoms with E-state index in [0.717, 1.165) is 26.2 Å². The maximum atomic E-state index is 12.6. The van der Waals surface area contributed by atoms with E-state index in [9.17, 15) is 14.9 Å². The summed E-state index contributed by atoms with van der Waals surface area (Å²) in [7, 11) is 0. The Morgan fingerprint density at radius 2 is 2.00 bits per heavy atom. The van der Waals surface area contributed by atoms with Gasteiger partial charge in [-0.2, -0.15) is 0 Å². The fraction of sp³-hybridized carbons (Fsp3) is 0.500. The van der Waals surface area contributed by atoms with Crippen LogP contribution in [0, 0.1) is 28.9 Å². The van der Waals surface area contributed by atoms with Crippen molar-refractivity contribution in [2.24, 2.45) is 11.8 Å². The normalized spacial score (nSPS) is 24.8. The second-order valence-corrected chi connectivity index (χ2v) is 5.60. The molecule has 1 aromatic carbocycles. The molecule has 0 saturated carbocycles. The van der Waals surface area contributed by atoms with Gasteiger partial charge in [0.05, 0.1) is 4.92 Å². The molecule has 2 aliphatic rings. The van der Waals surface area contributed by atoms with Crippen LogP contribution in [0.4, 0.5) is 5.69 Å². The third-order valence-corrected chi connectivity index (χ3v) is 4.41. The van der Waals surface area contributed by atoms with E-state index >= 15 is 0 Å². The van der Waals surface area contributed by atoms with Crippen LogP contribution in [0.2, 0.25) is 0 Å². The molecule has 2 saturated heterocycles. The second kappa shape index (κ2) is 4.86. The van der Waals surface area contributed by atoms with Crippen molar-refractivity contribution < 1.29 is 9.72 Å². The van der Waals surface area contributed by atoms with Crippen LogP contribution in [0.15, 0.2) is 18.2 Å². The fourth-order valence-electron chi connectivity index (χ4n) is 3.24. The first-order valence-corrected chi connectivity index (χ1v) is 6.82. The number of benzene rings is 1. The van der Waals surface area contributed by atoms with Crippen molar-refractivity contribution >= 4 is 11.6 Å². The topological polar surface area (TPSA) is 75.5 Å². The van der Waals surface area contributed by atoms with Crippen LogP contribution in [0.5, 0.6) is 0 Å². The van der Waals surface area contributed by atoms with Crippen LogP contribution in [0.25, 0.3) is 0 Å². The summed E-state index contributed by atoms with van der Waals surface area (Å²) in [6.45, 7) is 5.06. The first-order valence-electron chi connectivity index (χ1n) is 6.82. The summed E-state index contributed by atoms with van der Waals surface area (Å²) in [5, 5.41) is 14.3. The number of nitrogens with zero attached hydrogens (tertiary/aromatic N) is 2. The van der Waals surface area contributed by atoms with Gasteiger partial charge in [-0.15, -0.1) is 0 Å². The molecule has 0 bridgehead atoms. The Hall–Kier alpha value is -1.95. The van der Waals surface area contributed by atoms with Crippen molar-refractivity contribution in [1.82, 2.24) is 10.2 Å². The molecule has 20 heavy (non-hydrogen) atoms. The number of nitro groups is 1. The van der Waals surface area contributed by atoms with Gasteiger partial charge in [0.15, 0.2) is 0 Å². The third-order valence-electron chi connectivity index (χ3n) is 4.41. The standard InChI is InChI=1S/C14H17N3O3/c1-9-12(3-2-4-13(9)17(19)20)14(18)16-7-10-5-15-6-11(10)8-16/h2-4,10-11,15H,5-8H2,1H3/t10-,11+. The smallest absolute Gasteiger partial charge is 0.273 e. The van der Waals surface area contributed by atoms with Gasteiger partial charge in [0, 0.05) is 43.4 Å². The second-order valence-electron chi connectivity index (χ2n) is 5.60. The molecule has 2 heterocycles. The molecule has 6 heteroatoms. The van der Waals surface area contributed by atoms with Crippen LogP contribution in [0.3, 0.4) is 0 Å². The Morgan fingerprint density at radius 1 is 1.35 bits per heavy atom. The van der Waals surface area contributed by atoms with E-state index < -0.39 is 4.92 Å². The molecule has 0 radical (unpaired) electrons. The highest BCUT2D eigenvalue weighted by atomic mass is 16.6. The molecule has 1 N–H and O–H groups in total. The van der Waals surface area contributed by atoms with E-state index in [1.54, 1.807) is 19.1 Å². The van der Waals surface area contributed by atoms with Gasteiger partial charge in [-0.3, -0.25) is 14.9 Å². The number of nitro benzene ring substituents is 1. The molecule has 2 aliphatic heterocycles. The number of fused-ring (bicyclic) bond motifs is 1. The molecule has 1 aromatic rings. The molecule has 2 fully saturated rings. The Balaban J connectivity index is 1.85. The molecular formula is C14H17N3O3. The van der Waals surface area contributed by atoms with Crippen molar-refractivity contribution in [2.75, 3.05) is 26.2 Å². The molecule has 0 unspecified atom stereocenters. The Labute approximate surface area is 116 Å². The summed E-state index contributed by atoms with van der Waals surface area (Å²) >= 11 is 0. The lowest BCUT2D eigenvalue weighted by atomic mass is 10.0. The maximum Gasteiger partial charge on any atom is 0.273 e. The van der Waals surface area contributed by atoms with Crippen LogP contribution in [-0.2, 0) is 0 Å². The SMILES string of the molecule is Cc1c(C(=O)N2C[C@H]3CNC[C@H]3C2)cccc1[N+](=O)[O-]. The van der Waals surface area contributed by atoms with Crippen LogP contribution in [0.1, 0.15) is 15.9 Å². The quantitative estimate of drug-likeness (QED) is 0.650. The Bertz CT molecular complexity index is 561. The maximum absolute atomic E-state index is 12.6. The van der Waals surface area contributed by atoms with E-state index in [1.165, 1.54) is 6.07 Å². The third kappa shape index (κ3) is 2.06. The van der Waals surface area contributed by atoms with Gasteiger partial charge in [0.1, 0.15) is 0 Å². The molecule has 0 aromatic heterocycles. The van der Waals surface area contributed by atoms with Gasteiger partial charge in [0.2, 0.25) is 0 Å². The molecule has 0 spiro atoms. The van der Waals surface area contributed by atoms with Crippen molar-refractivity contribution in [1.29, 1.82) is 0 Å². The molecule has 2 atom stereocenters. The van der Waals surface area contributed by atoms with Crippen LogP contribution in [-0.4, -0.2) is 41.9 Å². The van der Waals surface area contributed by atoms with E-state index in [4.69, 9.17) is 0 Å². The van der Waals surface area contributed by atoms with Gasteiger partial charge in [-0.25, -0.2) is 0 Å². The average molecular weight is 275 g/mol. The van der Waals surface area contributed by atoms with E-state index in [-0.39, 0.29) is 11.6 Å². The van der Waals surface area contributed by atoms with Gasteiger partial charge in [-0.1, -0.05) is 6.07 Å². The first-order chi connectivity index (χ1) is 9.58. The summed E-state index contributed by atoms with van der Waals surface area (Å²) in [5.74, 6) is 0.969. The van der Waals surface area contributed by atoms with E-state index in [0.29, 0.717) is 23.0 Å². The Kier molecular flexibility index (Phi) is 3.17. The number of rotatable bonds is 2. The molecule has 0 aliphatic carbocycles. The highest BCUT2D eigenvalue weighted by molar-refractivity contribution is 5.96. The lowest BCUT2D eigenvalue weighted by molar-refractivity contribution is -0.385. The number of nitrogens with one attached hydrogen (secondary N) is 1. The van der Waals surface area contributed by atoms with E-state index in [2.05, 4.69) is 5.32 Å². The lowest BCUT2D eigenvalue weighted by Crippen LogP contribution is -2.32. The average Bonchev–Trinajstić information content (AvgIpc) is 2.98. The monoisotopic (exact) mass is 275 g/mol. The first kappa shape index (κ1) is 13.1.